The van der Waals surface area contributed by atoms with Gasteiger partial charge in [-0.3, -0.25) is 0 Å². The van der Waals surface area contributed by atoms with Crippen molar-refractivity contribution in [1.29, 1.82) is 0 Å². The van der Waals surface area contributed by atoms with E-state index >= 15 is 0 Å². The number of benzene rings is 1. The van der Waals surface area contributed by atoms with Crippen molar-refractivity contribution in [2.24, 2.45) is 0 Å². The van der Waals surface area contributed by atoms with Crippen molar-refractivity contribution in [2.75, 3.05) is 26.3 Å². The molecule has 0 radical (unpaired) electrons. The van der Waals surface area contributed by atoms with Crippen LogP contribution in [-0.4, -0.2) is 35.9 Å². The second-order valence-corrected chi connectivity index (χ2v) is 5.13. The van der Waals surface area contributed by atoms with Gasteiger partial charge < -0.3 is 19.6 Å². The third-order valence-electron chi connectivity index (χ3n) is 3.57. The third kappa shape index (κ3) is 2.75. The molecule has 2 heterocycles. The van der Waals surface area contributed by atoms with Gasteiger partial charge in [0.25, 0.3) is 11.7 Å². The fraction of sp³-hybridized carbons (Fsp3) is 0.333. The van der Waals surface area contributed by atoms with Gasteiger partial charge in [-0.15, -0.1) is 0 Å². The first kappa shape index (κ1) is 13.6. The smallest absolute Gasteiger partial charge is 0.286 e. The molecule has 21 heavy (non-hydrogen) atoms. The maximum absolute atomic E-state index is 12.4. The number of nitrogens with zero attached hydrogens (tertiary/aromatic N) is 3. The topological polar surface area (TPSA) is 63.4 Å². The molecule has 0 N–H and O–H groups in total. The minimum Gasteiger partial charge on any atom is -0.805 e. The van der Waals surface area contributed by atoms with Gasteiger partial charge in [-0.1, -0.05) is 6.07 Å². The zero-order chi connectivity index (χ0) is 14.8. The highest BCUT2D eigenvalue weighted by Crippen LogP contribution is 2.14. The lowest BCUT2D eigenvalue weighted by molar-refractivity contribution is -0.464. The Balaban J connectivity index is 2.00. The molecule has 1 aromatic heterocycles. The molecule has 0 amide bonds. The minimum atomic E-state index is 0.328. The van der Waals surface area contributed by atoms with Crippen LogP contribution in [0.3, 0.4) is 0 Å². The molecule has 0 spiro atoms. The van der Waals surface area contributed by atoms with Crippen LogP contribution in [0.4, 0.5) is 0 Å². The zero-order valence-electron chi connectivity index (χ0n) is 11.9. The maximum atomic E-state index is 12.4. The summed E-state index contributed by atoms with van der Waals surface area (Å²) >= 11 is 0. The van der Waals surface area contributed by atoms with Crippen LogP contribution in [0.5, 0.6) is 0 Å². The van der Waals surface area contributed by atoms with E-state index in [1.54, 1.807) is 18.2 Å². The van der Waals surface area contributed by atoms with Crippen molar-refractivity contribution in [3.05, 3.63) is 52.0 Å². The number of fused-ring (bicyclic) bond motifs is 1. The van der Waals surface area contributed by atoms with Crippen LogP contribution in [0.25, 0.3) is 17.1 Å². The average Bonchev–Trinajstić information content (AvgIpc) is 2.50. The Morgan fingerprint density at radius 2 is 2.10 bits per heavy atom. The molecule has 0 unspecified atom stereocenters. The number of morpholine rings is 1. The van der Waals surface area contributed by atoms with Crippen LogP contribution in [-0.2, 0) is 4.74 Å². The Morgan fingerprint density at radius 3 is 2.86 bits per heavy atom. The second kappa shape index (κ2) is 5.57. The van der Waals surface area contributed by atoms with Gasteiger partial charge in [0.15, 0.2) is 0 Å². The second-order valence-electron chi connectivity index (χ2n) is 5.13. The molecule has 1 aliphatic heterocycles. The lowest BCUT2D eigenvalue weighted by Crippen LogP contribution is -2.32. The fourth-order valence-electron chi connectivity index (χ4n) is 2.38. The highest BCUT2D eigenvalue weighted by molar-refractivity contribution is 5.74. The first-order valence-corrected chi connectivity index (χ1v) is 6.91. The molecular formula is C15H17N3O3. The van der Waals surface area contributed by atoms with Crippen molar-refractivity contribution in [3.8, 4) is 0 Å². The van der Waals surface area contributed by atoms with E-state index in [4.69, 9.17) is 4.74 Å². The summed E-state index contributed by atoms with van der Waals surface area (Å²) in [6.07, 6.45) is 4.82. The molecule has 1 saturated heterocycles. The Labute approximate surface area is 122 Å². The summed E-state index contributed by atoms with van der Waals surface area (Å²) in [5.74, 6) is 0. The molecule has 3 rings (SSSR count). The first-order valence-electron chi connectivity index (χ1n) is 6.91. The molecule has 6 nitrogen and oxygen atoms in total. The van der Waals surface area contributed by atoms with Gasteiger partial charge in [0.1, 0.15) is 11.2 Å². The van der Waals surface area contributed by atoms with E-state index < -0.39 is 0 Å². The Morgan fingerprint density at radius 1 is 1.33 bits per heavy atom. The quantitative estimate of drug-likeness (QED) is 0.785. The highest BCUT2D eigenvalue weighted by Gasteiger charge is 2.11. The van der Waals surface area contributed by atoms with Gasteiger partial charge in [0.05, 0.1) is 17.6 Å². The van der Waals surface area contributed by atoms with Gasteiger partial charge in [-0.2, -0.15) is 0 Å². The Hall–Kier alpha value is -2.34. The Kier molecular flexibility index (Phi) is 3.62. The molecule has 0 aliphatic carbocycles. The van der Waals surface area contributed by atoms with Crippen molar-refractivity contribution in [1.82, 2.24) is 9.63 Å². The van der Waals surface area contributed by atoms with Gasteiger partial charge in [0.2, 0.25) is 0 Å². The molecule has 6 heteroatoms. The van der Waals surface area contributed by atoms with Crippen LogP contribution in [0, 0.1) is 17.0 Å². The largest absolute Gasteiger partial charge is 0.805 e. The normalized spacial score (nSPS) is 16.0. The van der Waals surface area contributed by atoms with Crippen molar-refractivity contribution in [2.45, 2.75) is 6.92 Å². The Bertz CT molecular complexity index is 746. The predicted octanol–water partition coefficient (Wildman–Crippen LogP) is 1.51. The monoisotopic (exact) mass is 287 g/mol. The number of hydrogen-bond acceptors (Lipinski definition) is 4. The molecule has 110 valence electrons. The van der Waals surface area contributed by atoms with E-state index in [2.05, 4.69) is 4.90 Å². The van der Waals surface area contributed by atoms with E-state index in [0.29, 0.717) is 29.9 Å². The molecule has 0 saturated carbocycles. The van der Waals surface area contributed by atoms with E-state index in [-0.39, 0.29) is 0 Å². The summed E-state index contributed by atoms with van der Waals surface area (Å²) in [7, 11) is 0. The van der Waals surface area contributed by atoms with Crippen LogP contribution in [0.15, 0.2) is 30.6 Å². The van der Waals surface area contributed by atoms with E-state index in [9.17, 15) is 10.1 Å². The van der Waals surface area contributed by atoms with Gasteiger partial charge in [0, 0.05) is 30.3 Å². The van der Waals surface area contributed by atoms with Gasteiger partial charge in [-0.25, -0.2) is 0 Å². The summed E-state index contributed by atoms with van der Waals surface area (Å²) in [4.78, 5) is 14.1. The van der Waals surface area contributed by atoms with Gasteiger partial charge >= 0.3 is 0 Å². The summed E-state index contributed by atoms with van der Waals surface area (Å²) in [6.45, 7) is 4.84. The summed E-state index contributed by atoms with van der Waals surface area (Å²) in [6, 6.07) is 5.21. The molecule has 1 aromatic carbocycles. The predicted molar refractivity (Wildman–Crippen MR) is 80.2 cm³/mol. The van der Waals surface area contributed by atoms with Crippen LogP contribution >= 0.6 is 0 Å². The number of rotatable bonds is 2. The zero-order valence-corrected chi connectivity index (χ0v) is 11.9. The van der Waals surface area contributed by atoms with Crippen LogP contribution in [0.2, 0.25) is 0 Å². The number of hydrogen-bond donors (Lipinski definition) is 0. The maximum Gasteiger partial charge on any atom is 0.286 e. The highest BCUT2D eigenvalue weighted by atomic mass is 16.5. The molecule has 1 aliphatic rings. The number of aromatic nitrogens is 2. The lowest BCUT2D eigenvalue weighted by Gasteiger charge is -2.25. The third-order valence-corrected chi connectivity index (χ3v) is 3.57. The van der Waals surface area contributed by atoms with Crippen molar-refractivity contribution >= 4 is 17.1 Å². The molecule has 2 aromatic rings. The molecule has 0 atom stereocenters. The van der Waals surface area contributed by atoms with Crippen LogP contribution < -0.4 is 4.43 Å². The van der Waals surface area contributed by atoms with E-state index in [0.717, 1.165) is 27.8 Å². The lowest BCUT2D eigenvalue weighted by atomic mass is 10.2. The summed E-state index contributed by atoms with van der Waals surface area (Å²) in [5, 5.41) is 12.4. The number of aryl methyl sites for hydroxylation is 1. The average molecular weight is 287 g/mol. The molecule has 1 fully saturated rings. The molecule has 0 bridgehead atoms. The van der Waals surface area contributed by atoms with E-state index in [1.807, 2.05) is 19.2 Å². The van der Waals surface area contributed by atoms with E-state index in [1.165, 1.54) is 6.20 Å². The van der Waals surface area contributed by atoms with Crippen molar-refractivity contribution in [3.63, 3.8) is 0 Å². The number of ether oxygens (including phenoxy) is 1. The van der Waals surface area contributed by atoms with Gasteiger partial charge in [-0.05, 0) is 24.6 Å². The van der Waals surface area contributed by atoms with Crippen LogP contribution in [0.1, 0.15) is 11.3 Å². The standard InChI is InChI=1S/C15H17N3O3/c1-12-2-3-14-15(10-12)18(20)13(11-17(14)19)4-5-16-6-8-21-9-7-16/h2-5,10-11H,6-9H2,1H3/b5-4+. The SMILES string of the molecule is Cc1ccc2c(c1)n([O-])c(/C=C/N1CCOCC1)c[n+]2=O. The van der Waals surface area contributed by atoms with Crippen molar-refractivity contribution < 1.29 is 9.16 Å². The summed E-state index contributed by atoms with van der Waals surface area (Å²) in [5.41, 5.74) is 2.03. The molecular weight excluding hydrogens is 270 g/mol. The minimum absolute atomic E-state index is 0.328. The fourth-order valence-corrected chi connectivity index (χ4v) is 2.38. The summed E-state index contributed by atoms with van der Waals surface area (Å²) < 4.78 is 6.81. The first-order chi connectivity index (χ1) is 10.1.